The van der Waals surface area contributed by atoms with Crippen LogP contribution in [0.1, 0.15) is 158 Å². The second-order valence-electron chi connectivity index (χ2n) is 8.69. The number of hydrogen-bond donors (Lipinski definition) is 0. The van der Waals surface area contributed by atoms with Crippen molar-refractivity contribution in [1.82, 2.24) is 0 Å². The van der Waals surface area contributed by atoms with E-state index in [-0.39, 0.29) is 112 Å². The minimum atomic E-state index is 0. The van der Waals surface area contributed by atoms with Crippen LogP contribution in [0.4, 0.5) is 0 Å². The average molecular weight is 477 g/mol. The van der Waals surface area contributed by atoms with Crippen molar-refractivity contribution in [2.75, 3.05) is 6.61 Å². The van der Waals surface area contributed by atoms with Crippen molar-refractivity contribution >= 4 is 5.97 Å². The molecule has 0 rings (SSSR count). The molecule has 0 saturated carbocycles. The summed E-state index contributed by atoms with van der Waals surface area (Å²) < 4.78 is 5.37. The van der Waals surface area contributed by atoms with E-state index in [0.29, 0.717) is 13.0 Å². The Kier molecular flexibility index (Phi) is 42.2. The zero-order chi connectivity index (χ0) is 20.5. The maximum atomic E-state index is 11.7. The van der Waals surface area contributed by atoms with Crippen LogP contribution in [-0.4, -0.2) is 12.6 Å². The predicted molar refractivity (Wildman–Crippen MR) is 126 cm³/mol. The number of rotatable bonds is 23. The maximum Gasteiger partial charge on any atom is 1.00 e. The van der Waals surface area contributed by atoms with Crippen LogP contribution in [-0.2, 0) is 9.53 Å². The van der Waals surface area contributed by atoms with Crippen LogP contribution in [0.3, 0.4) is 0 Å². The third-order valence-electron chi connectivity index (χ3n) is 5.75. The van der Waals surface area contributed by atoms with E-state index in [9.17, 15) is 4.79 Å². The topological polar surface area (TPSA) is 26.3 Å². The fraction of sp³-hybridized carbons (Fsp3) is 0.962. The monoisotopic (exact) mass is 476 g/mol. The smallest absolute Gasteiger partial charge is 1.00 e. The van der Waals surface area contributed by atoms with Crippen LogP contribution in [0.25, 0.3) is 0 Å². The van der Waals surface area contributed by atoms with E-state index in [1.165, 1.54) is 122 Å². The molecule has 30 heavy (non-hydrogen) atoms. The normalized spacial score (nSPS) is 10.3. The Hall–Kier alpha value is 2.74. The Labute approximate surface area is 278 Å². The van der Waals surface area contributed by atoms with E-state index < -0.39 is 0 Å². The third kappa shape index (κ3) is 32.9. The molecular weight excluding hydrogens is 422 g/mol. The Morgan fingerprint density at radius 2 is 0.800 bits per heavy atom. The van der Waals surface area contributed by atoms with Gasteiger partial charge in [0.05, 0.1) is 6.61 Å². The van der Waals surface area contributed by atoms with Crippen LogP contribution in [0.2, 0.25) is 0 Å². The van der Waals surface area contributed by atoms with E-state index >= 15 is 0 Å². The number of hydrogen-bond acceptors (Lipinski definition) is 2. The van der Waals surface area contributed by atoms with Gasteiger partial charge < -0.3 is 7.59 Å². The Bertz CT molecular complexity index is 294. The second kappa shape index (κ2) is 33.9. The van der Waals surface area contributed by atoms with Crippen molar-refractivity contribution in [3.8, 4) is 0 Å². The van der Waals surface area contributed by atoms with Gasteiger partial charge in [-0.05, 0) is 12.8 Å². The maximum absolute atomic E-state index is 11.7. The number of esters is 1. The standard InChI is InChI=1S/C26H52O2.2K.2H/c1-3-5-7-9-11-13-15-16-18-20-22-24-26(27)28-25-23-21-19-17-14-12-10-8-6-4-2;;;;/h3-25H2,1-2H3;;;;/q;2*+1;2*-1. The number of ether oxygens (including phenoxy) is 1. The van der Waals surface area contributed by atoms with Crippen LogP contribution < -0.4 is 103 Å². The SMILES string of the molecule is CCCCCCCCCCCCCC(=O)OCCCCCCCCCCCC.[H-].[H-].[K+].[K+]. The van der Waals surface area contributed by atoms with Gasteiger partial charge in [0.15, 0.2) is 0 Å². The molecular formula is C26H54K2O2. The van der Waals surface area contributed by atoms with Gasteiger partial charge in [-0.1, -0.05) is 136 Å². The largest absolute Gasteiger partial charge is 1.00 e. The van der Waals surface area contributed by atoms with Gasteiger partial charge >= 0.3 is 109 Å². The summed E-state index contributed by atoms with van der Waals surface area (Å²) in [7, 11) is 0. The van der Waals surface area contributed by atoms with Gasteiger partial charge in [-0.3, -0.25) is 4.79 Å². The van der Waals surface area contributed by atoms with E-state index in [1.807, 2.05) is 0 Å². The number of unbranched alkanes of at least 4 members (excludes halogenated alkanes) is 19. The van der Waals surface area contributed by atoms with Gasteiger partial charge in [0.25, 0.3) is 0 Å². The van der Waals surface area contributed by atoms with Crippen LogP contribution in [0, 0.1) is 0 Å². The summed E-state index contributed by atoms with van der Waals surface area (Å²) in [5.41, 5.74) is 0. The summed E-state index contributed by atoms with van der Waals surface area (Å²) in [4.78, 5) is 11.7. The van der Waals surface area contributed by atoms with Crippen molar-refractivity contribution in [3.63, 3.8) is 0 Å². The molecule has 0 heterocycles. The van der Waals surface area contributed by atoms with Gasteiger partial charge in [-0.15, -0.1) is 0 Å². The summed E-state index contributed by atoms with van der Waals surface area (Å²) in [6.07, 6.45) is 28.4. The molecule has 0 unspecified atom stereocenters. The zero-order valence-corrected chi connectivity index (χ0v) is 27.8. The Morgan fingerprint density at radius 1 is 0.500 bits per heavy atom. The quantitative estimate of drug-likeness (QED) is 0.128. The summed E-state index contributed by atoms with van der Waals surface area (Å²) >= 11 is 0. The van der Waals surface area contributed by atoms with Crippen molar-refractivity contribution in [1.29, 1.82) is 0 Å². The number of carbonyl (C=O) groups is 1. The molecule has 0 aliphatic rings. The van der Waals surface area contributed by atoms with Crippen molar-refractivity contribution < 1.29 is 115 Å². The Balaban J connectivity index is -0.000000607. The molecule has 0 fully saturated rings. The molecule has 0 saturated heterocycles. The van der Waals surface area contributed by atoms with Crippen molar-refractivity contribution in [3.05, 3.63) is 0 Å². The predicted octanol–water partition coefficient (Wildman–Crippen LogP) is 3.38. The first-order valence-electron chi connectivity index (χ1n) is 13.0. The molecule has 0 aromatic carbocycles. The molecule has 0 aliphatic carbocycles. The van der Waals surface area contributed by atoms with Crippen LogP contribution >= 0.6 is 0 Å². The molecule has 172 valence electrons. The first kappa shape index (κ1) is 37.3. The molecule has 0 bridgehead atoms. The summed E-state index contributed by atoms with van der Waals surface area (Å²) in [5.74, 6) is 0.0202. The van der Waals surface area contributed by atoms with Crippen molar-refractivity contribution in [2.24, 2.45) is 0 Å². The van der Waals surface area contributed by atoms with Crippen LogP contribution in [0.15, 0.2) is 0 Å². The fourth-order valence-corrected chi connectivity index (χ4v) is 3.78. The molecule has 0 atom stereocenters. The zero-order valence-electron chi connectivity index (χ0n) is 23.6. The molecule has 2 nitrogen and oxygen atoms in total. The molecule has 0 N–H and O–H groups in total. The third-order valence-corrected chi connectivity index (χ3v) is 5.75. The first-order valence-corrected chi connectivity index (χ1v) is 13.0. The molecule has 0 spiro atoms. The second-order valence-corrected chi connectivity index (χ2v) is 8.69. The van der Waals surface area contributed by atoms with Gasteiger partial charge in [-0.2, -0.15) is 0 Å². The Morgan fingerprint density at radius 3 is 1.17 bits per heavy atom. The molecule has 0 aliphatic heterocycles. The van der Waals surface area contributed by atoms with Gasteiger partial charge in [0.1, 0.15) is 0 Å². The van der Waals surface area contributed by atoms with E-state index in [2.05, 4.69) is 13.8 Å². The molecule has 0 radical (unpaired) electrons. The molecule has 0 aromatic rings. The van der Waals surface area contributed by atoms with E-state index in [4.69, 9.17) is 4.74 Å². The minimum Gasteiger partial charge on any atom is -1.00 e. The average Bonchev–Trinajstić information content (AvgIpc) is 2.70. The number of carbonyl (C=O) groups excluding carboxylic acids is 1. The van der Waals surface area contributed by atoms with Crippen LogP contribution in [0.5, 0.6) is 0 Å². The molecule has 0 amide bonds. The minimum absolute atomic E-state index is 0. The van der Waals surface area contributed by atoms with Gasteiger partial charge in [-0.25, -0.2) is 0 Å². The van der Waals surface area contributed by atoms with E-state index in [1.54, 1.807) is 0 Å². The van der Waals surface area contributed by atoms with E-state index in [0.717, 1.165) is 12.8 Å². The molecule has 0 aromatic heterocycles. The van der Waals surface area contributed by atoms with Gasteiger partial charge in [0, 0.05) is 6.42 Å². The van der Waals surface area contributed by atoms with Gasteiger partial charge in [0.2, 0.25) is 0 Å². The summed E-state index contributed by atoms with van der Waals surface area (Å²) in [6, 6.07) is 0. The van der Waals surface area contributed by atoms with Crippen molar-refractivity contribution in [2.45, 2.75) is 155 Å². The molecule has 4 heteroatoms. The first-order chi connectivity index (χ1) is 13.8. The summed E-state index contributed by atoms with van der Waals surface area (Å²) in [6.45, 7) is 5.17. The fourth-order valence-electron chi connectivity index (χ4n) is 3.78. The summed E-state index contributed by atoms with van der Waals surface area (Å²) in [5, 5.41) is 0.